The van der Waals surface area contributed by atoms with Crippen molar-refractivity contribution in [3.05, 3.63) is 29.3 Å². The van der Waals surface area contributed by atoms with Crippen molar-refractivity contribution in [1.82, 2.24) is 0 Å². The minimum absolute atomic E-state index is 0.517. The molecule has 0 aliphatic rings. The first-order valence-corrected chi connectivity index (χ1v) is 5.66. The van der Waals surface area contributed by atoms with Crippen molar-refractivity contribution >= 4 is 17.6 Å². The first-order chi connectivity index (χ1) is 8.43. The Labute approximate surface area is 106 Å². The normalized spacial score (nSPS) is 10.2. The van der Waals surface area contributed by atoms with Gasteiger partial charge in [-0.15, -0.1) is 0 Å². The van der Waals surface area contributed by atoms with Crippen LogP contribution in [0.3, 0.4) is 0 Å². The number of esters is 2. The van der Waals surface area contributed by atoms with Gasteiger partial charge < -0.3 is 15.2 Å². The Morgan fingerprint density at radius 2 is 1.78 bits per heavy atom. The van der Waals surface area contributed by atoms with Gasteiger partial charge in [-0.05, 0) is 30.2 Å². The third kappa shape index (κ3) is 3.76. The summed E-state index contributed by atoms with van der Waals surface area (Å²) in [7, 11) is 0. The van der Waals surface area contributed by atoms with Gasteiger partial charge in [0.2, 0.25) is 0 Å². The molecule has 2 N–H and O–H groups in total. The van der Waals surface area contributed by atoms with E-state index in [1.165, 1.54) is 13.8 Å². The number of carbonyl (C=O) groups is 2. The highest BCUT2D eigenvalue weighted by Crippen LogP contribution is 2.24. The molecule has 5 heteroatoms. The number of ether oxygens (including phenoxy) is 2. The molecule has 0 aromatic heterocycles. The lowest BCUT2D eigenvalue weighted by Gasteiger charge is -2.18. The highest BCUT2D eigenvalue weighted by Gasteiger charge is 2.18. The van der Waals surface area contributed by atoms with Crippen LogP contribution in [-0.4, -0.2) is 11.9 Å². The van der Waals surface area contributed by atoms with E-state index in [0.717, 1.165) is 12.0 Å². The molecule has 0 unspecified atom stereocenters. The summed E-state index contributed by atoms with van der Waals surface area (Å²) in [6.07, 6.45) is -0.280. The molecule has 18 heavy (non-hydrogen) atoms. The number of nitrogen functional groups attached to an aromatic ring is 1. The summed E-state index contributed by atoms with van der Waals surface area (Å²) in [6, 6.07) is 5.14. The third-order valence-electron chi connectivity index (χ3n) is 2.37. The summed E-state index contributed by atoms with van der Waals surface area (Å²) < 4.78 is 9.93. The Hall–Kier alpha value is -2.04. The smallest absolute Gasteiger partial charge is 0.305 e. The van der Waals surface area contributed by atoms with Gasteiger partial charge in [-0.25, -0.2) is 0 Å². The summed E-state index contributed by atoms with van der Waals surface area (Å²) in [6.45, 7) is 4.48. The monoisotopic (exact) mass is 251 g/mol. The molecule has 0 fully saturated rings. The fraction of sp³-hybridized carbons (Fsp3) is 0.385. The average Bonchev–Trinajstić information content (AvgIpc) is 2.27. The quantitative estimate of drug-likeness (QED) is 0.502. The molecule has 1 rings (SSSR count). The number of nitrogens with two attached hydrogens (primary N) is 1. The van der Waals surface area contributed by atoms with Crippen LogP contribution < -0.4 is 5.73 Å². The van der Waals surface area contributed by atoms with E-state index < -0.39 is 18.2 Å². The highest BCUT2D eigenvalue weighted by molar-refractivity contribution is 5.68. The lowest BCUT2D eigenvalue weighted by atomic mass is 10.1. The standard InChI is InChI=1S/C13H17NO4/c1-4-10-7-11(5-6-12(10)14)13(17-8(2)15)18-9(3)16/h5-7,13H,4,14H2,1-3H3. The van der Waals surface area contributed by atoms with Crippen LogP contribution in [0, 0.1) is 0 Å². The third-order valence-corrected chi connectivity index (χ3v) is 2.37. The maximum Gasteiger partial charge on any atom is 0.305 e. The van der Waals surface area contributed by atoms with Crippen molar-refractivity contribution in [3.63, 3.8) is 0 Å². The van der Waals surface area contributed by atoms with Crippen LogP contribution >= 0.6 is 0 Å². The maximum atomic E-state index is 11.0. The first-order valence-electron chi connectivity index (χ1n) is 5.66. The molecule has 0 saturated heterocycles. The van der Waals surface area contributed by atoms with Gasteiger partial charge >= 0.3 is 11.9 Å². The summed E-state index contributed by atoms with van der Waals surface area (Å²) >= 11 is 0. The van der Waals surface area contributed by atoms with Gasteiger partial charge in [0.15, 0.2) is 0 Å². The van der Waals surface area contributed by atoms with Crippen LogP contribution in [0.4, 0.5) is 5.69 Å². The van der Waals surface area contributed by atoms with Gasteiger partial charge in [-0.1, -0.05) is 6.92 Å². The summed E-state index contributed by atoms with van der Waals surface area (Å²) in [4.78, 5) is 22.0. The molecule has 0 spiro atoms. The van der Waals surface area contributed by atoms with E-state index in [9.17, 15) is 9.59 Å². The number of anilines is 1. The molecule has 0 heterocycles. The molecular weight excluding hydrogens is 234 g/mol. The minimum Gasteiger partial charge on any atom is -0.421 e. The Morgan fingerprint density at radius 3 is 2.22 bits per heavy atom. The number of hydrogen-bond acceptors (Lipinski definition) is 5. The van der Waals surface area contributed by atoms with Crippen molar-refractivity contribution in [2.24, 2.45) is 0 Å². The molecule has 0 atom stereocenters. The van der Waals surface area contributed by atoms with E-state index in [0.29, 0.717) is 11.3 Å². The number of benzene rings is 1. The van der Waals surface area contributed by atoms with E-state index in [2.05, 4.69) is 0 Å². The van der Waals surface area contributed by atoms with Gasteiger partial charge in [-0.3, -0.25) is 9.59 Å². The Balaban J connectivity index is 3.03. The van der Waals surface area contributed by atoms with Crippen molar-refractivity contribution in [2.75, 3.05) is 5.73 Å². The van der Waals surface area contributed by atoms with Crippen LogP contribution in [0.1, 0.15) is 38.2 Å². The summed E-state index contributed by atoms with van der Waals surface area (Å²) in [5.74, 6) is -1.03. The Bertz CT molecular complexity index is 440. The zero-order valence-electron chi connectivity index (χ0n) is 10.7. The molecule has 0 radical (unpaired) electrons. The molecular formula is C13H17NO4. The molecule has 5 nitrogen and oxygen atoms in total. The molecule has 0 aliphatic heterocycles. The van der Waals surface area contributed by atoms with Crippen LogP contribution in [0.2, 0.25) is 0 Å². The lowest BCUT2D eigenvalue weighted by molar-refractivity contribution is -0.186. The number of aryl methyl sites for hydroxylation is 1. The number of hydrogen-bond donors (Lipinski definition) is 1. The Morgan fingerprint density at radius 1 is 1.22 bits per heavy atom. The minimum atomic E-state index is -1.02. The van der Waals surface area contributed by atoms with Gasteiger partial charge in [0.05, 0.1) is 0 Å². The molecule has 98 valence electrons. The molecule has 1 aromatic rings. The highest BCUT2D eigenvalue weighted by atomic mass is 16.7. The predicted molar refractivity (Wildman–Crippen MR) is 66.5 cm³/mol. The fourth-order valence-corrected chi connectivity index (χ4v) is 1.54. The fourth-order valence-electron chi connectivity index (χ4n) is 1.54. The second-order valence-electron chi connectivity index (χ2n) is 3.86. The molecule has 0 aliphatic carbocycles. The van der Waals surface area contributed by atoms with Crippen molar-refractivity contribution in [2.45, 2.75) is 33.5 Å². The van der Waals surface area contributed by atoms with Crippen LogP contribution in [-0.2, 0) is 25.5 Å². The van der Waals surface area contributed by atoms with Crippen molar-refractivity contribution < 1.29 is 19.1 Å². The Kier molecular flexibility index (Phi) is 4.71. The summed E-state index contributed by atoms with van der Waals surface area (Å²) in [5, 5.41) is 0. The van der Waals surface area contributed by atoms with E-state index in [1.54, 1.807) is 18.2 Å². The largest absolute Gasteiger partial charge is 0.421 e. The van der Waals surface area contributed by atoms with Crippen LogP contribution in [0.5, 0.6) is 0 Å². The predicted octanol–water partition coefficient (Wildman–Crippen LogP) is 1.96. The van der Waals surface area contributed by atoms with Crippen molar-refractivity contribution in [3.8, 4) is 0 Å². The topological polar surface area (TPSA) is 78.6 Å². The molecule has 0 saturated carbocycles. The van der Waals surface area contributed by atoms with Crippen molar-refractivity contribution in [1.29, 1.82) is 0 Å². The zero-order chi connectivity index (χ0) is 13.7. The van der Waals surface area contributed by atoms with Gasteiger partial charge in [0.1, 0.15) is 0 Å². The van der Waals surface area contributed by atoms with Crippen LogP contribution in [0.15, 0.2) is 18.2 Å². The van der Waals surface area contributed by atoms with E-state index in [-0.39, 0.29) is 0 Å². The average molecular weight is 251 g/mol. The van der Waals surface area contributed by atoms with E-state index in [4.69, 9.17) is 15.2 Å². The zero-order valence-corrected chi connectivity index (χ0v) is 10.7. The van der Waals surface area contributed by atoms with Gasteiger partial charge in [-0.2, -0.15) is 0 Å². The summed E-state index contributed by atoms with van der Waals surface area (Å²) in [5.41, 5.74) is 7.95. The number of carbonyl (C=O) groups excluding carboxylic acids is 2. The maximum absolute atomic E-state index is 11.0. The van der Waals surface area contributed by atoms with E-state index >= 15 is 0 Å². The van der Waals surface area contributed by atoms with Gasteiger partial charge in [0.25, 0.3) is 6.29 Å². The molecule has 0 bridgehead atoms. The molecule has 0 amide bonds. The van der Waals surface area contributed by atoms with Gasteiger partial charge in [0, 0.05) is 25.1 Å². The van der Waals surface area contributed by atoms with Crippen LogP contribution in [0.25, 0.3) is 0 Å². The SMILES string of the molecule is CCc1cc(C(OC(C)=O)OC(C)=O)ccc1N. The number of rotatable bonds is 4. The first kappa shape index (κ1) is 14.0. The van der Waals surface area contributed by atoms with E-state index in [1.807, 2.05) is 6.92 Å². The second kappa shape index (κ2) is 6.05. The second-order valence-corrected chi connectivity index (χ2v) is 3.86. The molecule has 1 aromatic carbocycles. The lowest BCUT2D eigenvalue weighted by Crippen LogP contribution is -2.15.